The third-order valence-electron chi connectivity index (χ3n) is 2.66. The third kappa shape index (κ3) is 4.62. The van der Waals surface area contributed by atoms with E-state index in [1.807, 2.05) is 6.08 Å². The normalized spacial score (nSPS) is 11.1. The molecule has 2 N–H and O–H groups in total. The second-order valence-electron chi connectivity index (χ2n) is 3.99. The molecule has 0 spiro atoms. The van der Waals surface area contributed by atoms with Gasteiger partial charge in [-0.25, -0.2) is 4.99 Å². The number of benzene rings is 1. The van der Waals surface area contributed by atoms with Gasteiger partial charge in [0.05, 0.1) is 6.54 Å². The first-order chi connectivity index (χ1) is 8.81. The van der Waals surface area contributed by atoms with Gasteiger partial charge in [0.1, 0.15) is 0 Å². The number of nitrogens with zero attached hydrogens (tertiary/aromatic N) is 1. The molecule has 0 aliphatic heterocycles. The van der Waals surface area contributed by atoms with Crippen LogP contribution in [0.2, 0.25) is 0 Å². The Morgan fingerprint density at radius 1 is 1.22 bits per heavy atom. The van der Waals surface area contributed by atoms with Crippen molar-refractivity contribution >= 4 is 5.96 Å². The number of aliphatic imine (C=N–C) groups is 1. The van der Waals surface area contributed by atoms with E-state index < -0.39 is 0 Å². The Kier molecular flexibility index (Phi) is 6.62. The first-order valence-electron chi connectivity index (χ1n) is 6.51. The van der Waals surface area contributed by atoms with E-state index in [0.29, 0.717) is 6.54 Å². The second-order valence-corrected chi connectivity index (χ2v) is 3.99. The van der Waals surface area contributed by atoms with Gasteiger partial charge in [0.25, 0.3) is 0 Å². The molecule has 0 aromatic heterocycles. The summed E-state index contributed by atoms with van der Waals surface area (Å²) in [5.41, 5.74) is 2.65. The molecule has 0 atom stereocenters. The van der Waals surface area contributed by atoms with Crippen LogP contribution in [0, 0.1) is 0 Å². The fourth-order valence-electron chi connectivity index (χ4n) is 1.73. The van der Waals surface area contributed by atoms with Crippen molar-refractivity contribution in [2.75, 3.05) is 13.1 Å². The van der Waals surface area contributed by atoms with E-state index in [2.05, 4.69) is 60.3 Å². The first-order valence-corrected chi connectivity index (χ1v) is 6.51. The van der Waals surface area contributed by atoms with Crippen LogP contribution in [0.25, 0.3) is 0 Å². The average Bonchev–Trinajstić information content (AvgIpc) is 2.42. The molecule has 0 amide bonds. The molecule has 0 fully saturated rings. The summed E-state index contributed by atoms with van der Waals surface area (Å²) in [7, 11) is 0. The minimum Gasteiger partial charge on any atom is -0.357 e. The van der Waals surface area contributed by atoms with Crippen LogP contribution in [0.1, 0.15) is 25.0 Å². The molecule has 1 rings (SSSR count). The molecule has 18 heavy (non-hydrogen) atoms. The Morgan fingerprint density at radius 3 is 2.56 bits per heavy atom. The van der Waals surface area contributed by atoms with Crippen molar-refractivity contribution in [1.29, 1.82) is 0 Å². The van der Waals surface area contributed by atoms with E-state index in [-0.39, 0.29) is 0 Å². The quantitative estimate of drug-likeness (QED) is 0.459. The van der Waals surface area contributed by atoms with Crippen LogP contribution < -0.4 is 10.6 Å². The molecule has 98 valence electrons. The zero-order valence-electron chi connectivity index (χ0n) is 11.4. The largest absolute Gasteiger partial charge is 0.357 e. The molecule has 0 bridgehead atoms. The molecule has 0 aliphatic carbocycles. The molecule has 3 nitrogen and oxygen atoms in total. The lowest BCUT2D eigenvalue weighted by Gasteiger charge is -2.10. The van der Waals surface area contributed by atoms with Crippen molar-refractivity contribution in [3.8, 4) is 0 Å². The summed E-state index contributed by atoms with van der Waals surface area (Å²) in [6, 6.07) is 8.44. The lowest BCUT2D eigenvalue weighted by atomic mass is 10.1. The van der Waals surface area contributed by atoms with Crippen molar-refractivity contribution in [3.63, 3.8) is 0 Å². The molecule has 0 saturated carbocycles. The second kappa shape index (κ2) is 8.34. The summed E-state index contributed by atoms with van der Waals surface area (Å²) < 4.78 is 0. The molecular weight excluding hydrogens is 222 g/mol. The van der Waals surface area contributed by atoms with Crippen molar-refractivity contribution in [2.45, 2.75) is 26.8 Å². The van der Waals surface area contributed by atoms with Crippen LogP contribution in [-0.4, -0.2) is 19.0 Å². The maximum absolute atomic E-state index is 4.58. The molecule has 0 unspecified atom stereocenters. The number of nitrogens with one attached hydrogen (secondary N) is 2. The van der Waals surface area contributed by atoms with Crippen molar-refractivity contribution < 1.29 is 0 Å². The maximum atomic E-state index is 4.58. The molecule has 3 heteroatoms. The summed E-state index contributed by atoms with van der Waals surface area (Å²) >= 11 is 0. The summed E-state index contributed by atoms with van der Waals surface area (Å²) in [4.78, 5) is 4.58. The number of guanidine groups is 1. The van der Waals surface area contributed by atoms with E-state index in [9.17, 15) is 0 Å². The molecule has 1 aromatic carbocycles. The Hall–Kier alpha value is -1.77. The molecule has 0 heterocycles. The van der Waals surface area contributed by atoms with Gasteiger partial charge in [-0.05, 0) is 24.5 Å². The number of rotatable bonds is 6. The smallest absolute Gasteiger partial charge is 0.191 e. The zero-order chi connectivity index (χ0) is 13.2. The minimum absolute atomic E-state index is 0.705. The van der Waals surface area contributed by atoms with Crippen molar-refractivity contribution in [3.05, 3.63) is 48.0 Å². The van der Waals surface area contributed by atoms with Gasteiger partial charge in [-0.15, -0.1) is 6.58 Å². The SMILES string of the molecule is C=CCNC(=NCc1ccccc1CC)NCC. The van der Waals surface area contributed by atoms with Crippen LogP contribution in [-0.2, 0) is 13.0 Å². The number of hydrogen-bond donors (Lipinski definition) is 2. The molecule has 0 saturated heterocycles. The van der Waals surface area contributed by atoms with E-state index >= 15 is 0 Å². The fourth-order valence-corrected chi connectivity index (χ4v) is 1.73. The van der Waals surface area contributed by atoms with Crippen LogP contribution in [0.4, 0.5) is 0 Å². The average molecular weight is 245 g/mol. The number of aryl methyl sites for hydroxylation is 1. The summed E-state index contributed by atoms with van der Waals surface area (Å²) in [5, 5.41) is 6.42. The molecule has 1 aromatic rings. The highest BCUT2D eigenvalue weighted by Crippen LogP contribution is 2.10. The molecule has 0 aliphatic rings. The topological polar surface area (TPSA) is 36.4 Å². The highest BCUT2D eigenvalue weighted by Gasteiger charge is 2.00. The predicted molar refractivity (Wildman–Crippen MR) is 78.8 cm³/mol. The Bertz CT molecular complexity index is 396. The van der Waals surface area contributed by atoms with Crippen molar-refractivity contribution in [1.82, 2.24) is 10.6 Å². The van der Waals surface area contributed by atoms with Gasteiger partial charge in [0.15, 0.2) is 5.96 Å². The van der Waals surface area contributed by atoms with Gasteiger partial charge in [-0.1, -0.05) is 37.3 Å². The third-order valence-corrected chi connectivity index (χ3v) is 2.66. The Morgan fingerprint density at radius 2 is 1.94 bits per heavy atom. The standard InChI is InChI=1S/C15H23N3/c1-4-11-17-15(16-6-3)18-12-14-10-8-7-9-13(14)5-2/h4,7-10H,1,5-6,11-12H2,2-3H3,(H2,16,17,18). The van der Waals surface area contributed by atoms with E-state index in [4.69, 9.17) is 0 Å². The summed E-state index contributed by atoms with van der Waals surface area (Å²) in [5.74, 6) is 0.836. The Balaban J connectivity index is 2.70. The number of hydrogen-bond acceptors (Lipinski definition) is 1. The lowest BCUT2D eigenvalue weighted by molar-refractivity contribution is 0.857. The van der Waals surface area contributed by atoms with E-state index in [0.717, 1.165) is 25.5 Å². The predicted octanol–water partition coefficient (Wildman–Crippen LogP) is 2.49. The fraction of sp³-hybridized carbons (Fsp3) is 0.400. The van der Waals surface area contributed by atoms with Crippen LogP contribution in [0.3, 0.4) is 0 Å². The van der Waals surface area contributed by atoms with Crippen LogP contribution >= 0.6 is 0 Å². The Labute approximate surface area is 110 Å². The van der Waals surface area contributed by atoms with Crippen molar-refractivity contribution in [2.24, 2.45) is 4.99 Å². The van der Waals surface area contributed by atoms with Crippen LogP contribution in [0.5, 0.6) is 0 Å². The van der Waals surface area contributed by atoms with Crippen LogP contribution in [0.15, 0.2) is 41.9 Å². The summed E-state index contributed by atoms with van der Waals surface area (Å²) in [6.45, 7) is 10.2. The summed E-state index contributed by atoms with van der Waals surface area (Å²) in [6.07, 6.45) is 2.87. The van der Waals surface area contributed by atoms with Gasteiger partial charge in [0.2, 0.25) is 0 Å². The van der Waals surface area contributed by atoms with Gasteiger partial charge in [-0.2, -0.15) is 0 Å². The lowest BCUT2D eigenvalue weighted by Crippen LogP contribution is -2.37. The van der Waals surface area contributed by atoms with Gasteiger partial charge in [-0.3, -0.25) is 0 Å². The zero-order valence-corrected chi connectivity index (χ0v) is 11.4. The monoisotopic (exact) mass is 245 g/mol. The minimum atomic E-state index is 0.705. The van der Waals surface area contributed by atoms with E-state index in [1.165, 1.54) is 11.1 Å². The highest BCUT2D eigenvalue weighted by molar-refractivity contribution is 5.79. The maximum Gasteiger partial charge on any atom is 0.191 e. The first kappa shape index (κ1) is 14.3. The van der Waals surface area contributed by atoms with E-state index in [1.54, 1.807) is 0 Å². The highest BCUT2D eigenvalue weighted by atomic mass is 15.2. The van der Waals surface area contributed by atoms with Gasteiger partial charge < -0.3 is 10.6 Å². The van der Waals surface area contributed by atoms with Gasteiger partial charge in [0, 0.05) is 13.1 Å². The molecule has 0 radical (unpaired) electrons. The van der Waals surface area contributed by atoms with Gasteiger partial charge >= 0.3 is 0 Å². The molecular formula is C15H23N3.